The second-order valence-electron chi connectivity index (χ2n) is 4.03. The van der Waals surface area contributed by atoms with Crippen molar-refractivity contribution < 1.29 is 19.4 Å². The third kappa shape index (κ3) is 1.85. The van der Waals surface area contributed by atoms with Crippen LogP contribution >= 0.6 is 0 Å². The minimum atomic E-state index is -1.01. The number of hydrogen-bond acceptors (Lipinski definition) is 3. The Balaban J connectivity index is 2.35. The molecule has 0 aliphatic carbocycles. The predicted molar refractivity (Wildman–Crippen MR) is 64.9 cm³/mol. The molecule has 2 rings (SSSR count). The Morgan fingerprint density at radius 2 is 2.11 bits per heavy atom. The Bertz CT molecular complexity index is 489. The van der Waals surface area contributed by atoms with Crippen molar-refractivity contribution >= 4 is 17.7 Å². The van der Waals surface area contributed by atoms with E-state index in [1.54, 1.807) is 24.3 Å². The van der Waals surface area contributed by atoms with Crippen LogP contribution in [0.15, 0.2) is 24.3 Å². The summed E-state index contributed by atoms with van der Waals surface area (Å²) in [4.78, 5) is 25.7. The first-order valence-corrected chi connectivity index (χ1v) is 5.46. The predicted octanol–water partition coefficient (Wildman–Crippen LogP) is 1.02. The van der Waals surface area contributed by atoms with Crippen molar-refractivity contribution in [1.29, 1.82) is 0 Å². The molecule has 6 nitrogen and oxygen atoms in total. The summed E-state index contributed by atoms with van der Waals surface area (Å²) in [5, 5.41) is 9.04. The first kappa shape index (κ1) is 12.2. The highest BCUT2D eigenvalue weighted by Crippen LogP contribution is 2.31. The lowest BCUT2D eigenvalue weighted by atomic mass is 10.2. The van der Waals surface area contributed by atoms with Crippen LogP contribution in [0.1, 0.15) is 0 Å². The molecule has 1 aromatic carbocycles. The van der Waals surface area contributed by atoms with Gasteiger partial charge in [-0.3, -0.25) is 4.90 Å². The minimum Gasteiger partial charge on any atom is -0.495 e. The summed E-state index contributed by atoms with van der Waals surface area (Å²) in [5.74, 6) is -0.464. The number of carbonyl (C=O) groups excluding carboxylic acids is 1. The Morgan fingerprint density at radius 1 is 1.44 bits per heavy atom. The van der Waals surface area contributed by atoms with Crippen molar-refractivity contribution in [2.24, 2.45) is 0 Å². The van der Waals surface area contributed by atoms with Crippen LogP contribution in [0.5, 0.6) is 5.75 Å². The summed E-state index contributed by atoms with van der Waals surface area (Å²) < 4.78 is 5.18. The first-order valence-electron chi connectivity index (χ1n) is 5.46. The average Bonchev–Trinajstić information content (AvgIpc) is 2.66. The number of likely N-dealkylation sites (N-methyl/N-ethyl adjacent to an activating group) is 1. The van der Waals surface area contributed by atoms with Crippen molar-refractivity contribution in [2.75, 3.05) is 25.6 Å². The van der Waals surface area contributed by atoms with Crippen LogP contribution in [0.3, 0.4) is 0 Å². The molecule has 1 N–H and O–H groups in total. The molecule has 1 unspecified atom stereocenters. The normalized spacial score (nSPS) is 19.2. The molecule has 6 heteroatoms. The van der Waals surface area contributed by atoms with Gasteiger partial charge in [0.05, 0.1) is 19.3 Å². The number of carboxylic acids is 1. The second kappa shape index (κ2) is 4.56. The van der Waals surface area contributed by atoms with Gasteiger partial charge in [-0.25, -0.2) is 9.59 Å². The summed E-state index contributed by atoms with van der Waals surface area (Å²) in [6.07, 6.45) is 0. The molecule has 0 aromatic heterocycles. The number of carboxylic acid groups (broad SMARTS) is 1. The monoisotopic (exact) mass is 250 g/mol. The van der Waals surface area contributed by atoms with Gasteiger partial charge >= 0.3 is 12.0 Å². The smallest absolute Gasteiger partial charge is 0.328 e. The lowest BCUT2D eigenvalue weighted by Gasteiger charge is -2.18. The van der Waals surface area contributed by atoms with Crippen LogP contribution in [-0.4, -0.2) is 48.8 Å². The molecule has 1 aliphatic heterocycles. The van der Waals surface area contributed by atoms with E-state index in [1.165, 1.54) is 24.0 Å². The maximum atomic E-state index is 12.0. The molecule has 18 heavy (non-hydrogen) atoms. The number of ether oxygens (including phenoxy) is 1. The van der Waals surface area contributed by atoms with Crippen molar-refractivity contribution in [2.45, 2.75) is 6.04 Å². The number of aliphatic carboxylic acids is 1. The summed E-state index contributed by atoms with van der Waals surface area (Å²) in [6.45, 7) is 0.116. The molecule has 1 fully saturated rings. The Hall–Kier alpha value is -2.24. The zero-order chi connectivity index (χ0) is 13.3. The molecule has 0 radical (unpaired) electrons. The van der Waals surface area contributed by atoms with E-state index in [9.17, 15) is 9.59 Å². The van der Waals surface area contributed by atoms with Gasteiger partial charge in [0, 0.05) is 7.05 Å². The molecule has 0 bridgehead atoms. The lowest BCUT2D eigenvalue weighted by Crippen LogP contribution is -2.36. The summed E-state index contributed by atoms with van der Waals surface area (Å²) >= 11 is 0. The van der Waals surface area contributed by atoms with Gasteiger partial charge < -0.3 is 14.7 Å². The molecule has 96 valence electrons. The summed E-state index contributed by atoms with van der Waals surface area (Å²) in [6, 6.07) is 5.86. The zero-order valence-corrected chi connectivity index (χ0v) is 10.2. The van der Waals surface area contributed by atoms with E-state index in [2.05, 4.69) is 0 Å². The molecule has 0 saturated carbocycles. The van der Waals surface area contributed by atoms with Crippen LogP contribution < -0.4 is 9.64 Å². The van der Waals surface area contributed by atoms with Crippen LogP contribution in [0.25, 0.3) is 0 Å². The molecule has 0 spiro atoms. The van der Waals surface area contributed by atoms with E-state index in [1.807, 2.05) is 0 Å². The molecular weight excluding hydrogens is 236 g/mol. The largest absolute Gasteiger partial charge is 0.495 e. The maximum Gasteiger partial charge on any atom is 0.328 e. The number of anilines is 1. The van der Waals surface area contributed by atoms with Gasteiger partial charge in [0.1, 0.15) is 11.8 Å². The van der Waals surface area contributed by atoms with E-state index >= 15 is 0 Å². The molecule has 1 saturated heterocycles. The van der Waals surface area contributed by atoms with Gasteiger partial charge in [0.2, 0.25) is 0 Å². The molecule has 1 aromatic rings. The van der Waals surface area contributed by atoms with Gasteiger partial charge in [0.15, 0.2) is 0 Å². The fraction of sp³-hybridized carbons (Fsp3) is 0.333. The van der Waals surface area contributed by atoms with E-state index < -0.39 is 12.0 Å². The quantitative estimate of drug-likeness (QED) is 0.869. The summed E-state index contributed by atoms with van der Waals surface area (Å²) in [7, 11) is 2.99. The van der Waals surface area contributed by atoms with Crippen LogP contribution in [0, 0.1) is 0 Å². The topological polar surface area (TPSA) is 70.1 Å². The highest BCUT2D eigenvalue weighted by atomic mass is 16.5. The number of rotatable bonds is 3. The third-order valence-electron chi connectivity index (χ3n) is 3.02. The minimum absolute atomic E-state index is 0.116. The van der Waals surface area contributed by atoms with Crippen molar-refractivity contribution in [1.82, 2.24) is 4.90 Å². The van der Waals surface area contributed by atoms with Gasteiger partial charge in [0.25, 0.3) is 0 Å². The Labute approximate surface area is 104 Å². The lowest BCUT2D eigenvalue weighted by molar-refractivity contribution is -0.140. The number of carbonyl (C=O) groups is 2. The fourth-order valence-corrected chi connectivity index (χ4v) is 2.00. The van der Waals surface area contributed by atoms with Crippen LogP contribution in [0.4, 0.5) is 10.5 Å². The molecule has 2 amide bonds. The zero-order valence-electron chi connectivity index (χ0n) is 10.2. The van der Waals surface area contributed by atoms with E-state index in [0.717, 1.165) is 0 Å². The van der Waals surface area contributed by atoms with Crippen molar-refractivity contribution in [3.8, 4) is 5.75 Å². The third-order valence-corrected chi connectivity index (χ3v) is 3.02. The van der Waals surface area contributed by atoms with Crippen molar-refractivity contribution in [3.05, 3.63) is 24.3 Å². The highest BCUT2D eigenvalue weighted by molar-refractivity contribution is 5.99. The highest BCUT2D eigenvalue weighted by Gasteiger charge is 2.40. The van der Waals surface area contributed by atoms with Gasteiger partial charge in [-0.15, -0.1) is 0 Å². The molecular formula is C12H14N2O4. The van der Waals surface area contributed by atoms with Gasteiger partial charge in [-0.05, 0) is 12.1 Å². The van der Waals surface area contributed by atoms with E-state index in [0.29, 0.717) is 11.4 Å². The standard InChI is InChI=1S/C12H14N2O4/c1-13-9(11(15)16)7-14(12(13)17)8-5-3-4-6-10(8)18-2/h3-6,9H,7H2,1-2H3,(H,15,16). The number of methoxy groups -OCH3 is 1. The summed E-state index contributed by atoms with van der Waals surface area (Å²) in [5.41, 5.74) is 0.584. The SMILES string of the molecule is COc1ccccc1N1CC(C(=O)O)N(C)C1=O. The average molecular weight is 250 g/mol. The number of amides is 2. The second-order valence-corrected chi connectivity index (χ2v) is 4.03. The number of nitrogens with zero attached hydrogens (tertiary/aromatic N) is 2. The number of hydrogen-bond donors (Lipinski definition) is 1. The number of urea groups is 1. The fourth-order valence-electron chi connectivity index (χ4n) is 2.00. The number of benzene rings is 1. The Morgan fingerprint density at radius 3 is 2.67 bits per heavy atom. The molecule has 1 heterocycles. The van der Waals surface area contributed by atoms with E-state index in [4.69, 9.17) is 9.84 Å². The van der Waals surface area contributed by atoms with Crippen LogP contribution in [0.2, 0.25) is 0 Å². The molecule has 1 aliphatic rings. The first-order chi connectivity index (χ1) is 8.56. The van der Waals surface area contributed by atoms with E-state index in [-0.39, 0.29) is 12.6 Å². The van der Waals surface area contributed by atoms with Crippen molar-refractivity contribution in [3.63, 3.8) is 0 Å². The van der Waals surface area contributed by atoms with Gasteiger partial charge in [-0.2, -0.15) is 0 Å². The van der Waals surface area contributed by atoms with Gasteiger partial charge in [-0.1, -0.05) is 12.1 Å². The molecule has 1 atom stereocenters. The van der Waals surface area contributed by atoms with Crippen LogP contribution in [-0.2, 0) is 4.79 Å². The Kier molecular flexibility index (Phi) is 3.10. The maximum absolute atomic E-state index is 12.0. The number of para-hydroxylation sites is 2.